The summed E-state index contributed by atoms with van der Waals surface area (Å²) in [6, 6.07) is 0. The molecule has 1 unspecified atom stereocenters. The zero-order valence-corrected chi connectivity index (χ0v) is 10.2. The summed E-state index contributed by atoms with van der Waals surface area (Å²) in [6.07, 6.45) is -0.0163. The normalized spacial score (nSPS) is 21.1. The Hall–Kier alpha value is -1.51. The van der Waals surface area contributed by atoms with E-state index in [2.05, 4.69) is 15.2 Å². The second kappa shape index (κ2) is 5.42. The van der Waals surface area contributed by atoms with Gasteiger partial charge in [-0.2, -0.15) is 0 Å². The Labute approximate surface area is 104 Å². The molecule has 1 atom stereocenters. The van der Waals surface area contributed by atoms with Gasteiger partial charge in [0.05, 0.1) is 24.9 Å². The van der Waals surface area contributed by atoms with Crippen molar-refractivity contribution >= 4 is 5.97 Å². The molecular weight excluding hydrogens is 238 g/mol. The monoisotopic (exact) mass is 255 g/mol. The van der Waals surface area contributed by atoms with Crippen molar-refractivity contribution in [1.82, 2.24) is 19.9 Å². The first-order valence-corrected chi connectivity index (χ1v) is 5.77. The highest BCUT2D eigenvalue weighted by Crippen LogP contribution is 2.09. The summed E-state index contributed by atoms with van der Waals surface area (Å²) in [4.78, 5) is 13.1. The van der Waals surface area contributed by atoms with Crippen molar-refractivity contribution in [2.75, 3.05) is 26.7 Å². The predicted octanol–water partition coefficient (Wildman–Crippen LogP) is -1.23. The van der Waals surface area contributed by atoms with Crippen LogP contribution in [-0.4, -0.2) is 63.8 Å². The van der Waals surface area contributed by atoms with Gasteiger partial charge in [-0.15, -0.1) is 5.10 Å². The van der Waals surface area contributed by atoms with Gasteiger partial charge in [0.25, 0.3) is 0 Å². The molecule has 8 nitrogen and oxygen atoms in total. The Kier molecular flexibility index (Phi) is 3.90. The number of carboxylic acids is 1. The number of ether oxygens (including phenoxy) is 1. The molecule has 1 aliphatic heterocycles. The zero-order valence-electron chi connectivity index (χ0n) is 10.2. The van der Waals surface area contributed by atoms with E-state index in [0.717, 1.165) is 13.1 Å². The van der Waals surface area contributed by atoms with E-state index in [1.807, 2.05) is 7.05 Å². The standard InChI is InChI=1S/C10H17N5O3/c1-14-2-3-18-7(5-14)6-15-8(4-11)9(10(16)17)12-13-15/h7H,2-6,11H2,1H3,(H,16,17). The number of rotatable bonds is 4. The van der Waals surface area contributed by atoms with Crippen LogP contribution in [0.2, 0.25) is 0 Å². The quantitative estimate of drug-likeness (QED) is 0.693. The average Bonchev–Trinajstić information content (AvgIpc) is 2.72. The van der Waals surface area contributed by atoms with Gasteiger partial charge in [0, 0.05) is 19.6 Å². The number of hydrogen-bond donors (Lipinski definition) is 2. The van der Waals surface area contributed by atoms with Crippen LogP contribution in [0.5, 0.6) is 0 Å². The van der Waals surface area contributed by atoms with Gasteiger partial charge in [0.15, 0.2) is 5.69 Å². The molecule has 0 aliphatic carbocycles. The lowest BCUT2D eigenvalue weighted by molar-refractivity contribution is -0.0296. The van der Waals surface area contributed by atoms with Crippen molar-refractivity contribution in [3.8, 4) is 0 Å². The minimum atomic E-state index is -1.11. The number of aromatic nitrogens is 3. The Morgan fingerprint density at radius 1 is 1.67 bits per heavy atom. The first kappa shape index (κ1) is 12.9. The molecule has 8 heteroatoms. The van der Waals surface area contributed by atoms with Crippen LogP contribution in [0.4, 0.5) is 0 Å². The van der Waals surface area contributed by atoms with E-state index < -0.39 is 5.97 Å². The molecule has 18 heavy (non-hydrogen) atoms. The molecular formula is C10H17N5O3. The lowest BCUT2D eigenvalue weighted by Crippen LogP contribution is -2.42. The number of carbonyl (C=O) groups is 1. The van der Waals surface area contributed by atoms with Crippen LogP contribution >= 0.6 is 0 Å². The first-order valence-electron chi connectivity index (χ1n) is 5.77. The highest BCUT2D eigenvalue weighted by molar-refractivity contribution is 5.86. The number of aromatic carboxylic acids is 1. The van der Waals surface area contributed by atoms with Crippen molar-refractivity contribution in [3.63, 3.8) is 0 Å². The second-order valence-electron chi connectivity index (χ2n) is 4.33. The fourth-order valence-corrected chi connectivity index (χ4v) is 2.02. The van der Waals surface area contributed by atoms with E-state index in [9.17, 15) is 4.79 Å². The van der Waals surface area contributed by atoms with Crippen LogP contribution in [0.25, 0.3) is 0 Å². The third kappa shape index (κ3) is 2.66. The van der Waals surface area contributed by atoms with Crippen LogP contribution in [0, 0.1) is 0 Å². The molecule has 2 heterocycles. The van der Waals surface area contributed by atoms with Crippen LogP contribution in [0.3, 0.4) is 0 Å². The number of nitrogens with two attached hydrogens (primary N) is 1. The summed E-state index contributed by atoms with van der Waals surface area (Å²) in [5.74, 6) is -1.11. The van der Waals surface area contributed by atoms with Gasteiger partial charge in [-0.3, -0.25) is 0 Å². The van der Waals surface area contributed by atoms with E-state index in [-0.39, 0.29) is 18.3 Å². The Morgan fingerprint density at radius 3 is 3.06 bits per heavy atom. The minimum absolute atomic E-state index is 0.0163. The Balaban J connectivity index is 2.11. The van der Waals surface area contributed by atoms with Crippen molar-refractivity contribution < 1.29 is 14.6 Å². The van der Waals surface area contributed by atoms with Gasteiger partial charge in [-0.05, 0) is 7.05 Å². The number of nitrogens with zero attached hydrogens (tertiary/aromatic N) is 4. The molecule has 0 amide bonds. The molecule has 0 radical (unpaired) electrons. The van der Waals surface area contributed by atoms with Crippen LogP contribution < -0.4 is 5.73 Å². The van der Waals surface area contributed by atoms with Crippen molar-refractivity contribution in [3.05, 3.63) is 11.4 Å². The molecule has 2 rings (SSSR count). The van der Waals surface area contributed by atoms with E-state index in [4.69, 9.17) is 15.6 Å². The molecule has 1 saturated heterocycles. The second-order valence-corrected chi connectivity index (χ2v) is 4.33. The average molecular weight is 255 g/mol. The van der Waals surface area contributed by atoms with Gasteiger partial charge in [-0.1, -0.05) is 5.21 Å². The van der Waals surface area contributed by atoms with Crippen molar-refractivity contribution in [1.29, 1.82) is 0 Å². The fourth-order valence-electron chi connectivity index (χ4n) is 2.02. The molecule has 0 bridgehead atoms. The van der Waals surface area contributed by atoms with Crippen LogP contribution in [-0.2, 0) is 17.8 Å². The van der Waals surface area contributed by atoms with E-state index >= 15 is 0 Å². The SMILES string of the molecule is CN1CCOC(Cn2nnc(C(=O)O)c2CN)C1. The topological polar surface area (TPSA) is 106 Å². The Bertz CT molecular complexity index is 433. The maximum absolute atomic E-state index is 10.9. The highest BCUT2D eigenvalue weighted by atomic mass is 16.5. The predicted molar refractivity (Wildman–Crippen MR) is 62.1 cm³/mol. The van der Waals surface area contributed by atoms with Gasteiger partial charge in [-0.25, -0.2) is 9.48 Å². The Morgan fingerprint density at radius 2 is 2.44 bits per heavy atom. The molecule has 1 aliphatic rings. The third-order valence-electron chi connectivity index (χ3n) is 2.95. The molecule has 1 aromatic heterocycles. The molecule has 100 valence electrons. The summed E-state index contributed by atoms with van der Waals surface area (Å²) in [6.45, 7) is 2.91. The summed E-state index contributed by atoms with van der Waals surface area (Å²) in [7, 11) is 2.02. The van der Waals surface area contributed by atoms with Crippen molar-refractivity contribution in [2.24, 2.45) is 5.73 Å². The number of morpholine rings is 1. The van der Waals surface area contributed by atoms with Crippen LogP contribution in [0.15, 0.2) is 0 Å². The lowest BCUT2D eigenvalue weighted by atomic mass is 10.2. The van der Waals surface area contributed by atoms with Gasteiger partial charge in [0.2, 0.25) is 0 Å². The maximum Gasteiger partial charge on any atom is 0.358 e. The lowest BCUT2D eigenvalue weighted by Gasteiger charge is -2.30. The summed E-state index contributed by atoms with van der Waals surface area (Å²) in [5, 5.41) is 16.4. The van der Waals surface area contributed by atoms with E-state index in [0.29, 0.717) is 18.8 Å². The molecule has 0 saturated carbocycles. The highest BCUT2D eigenvalue weighted by Gasteiger charge is 2.23. The number of hydrogen-bond acceptors (Lipinski definition) is 6. The van der Waals surface area contributed by atoms with Gasteiger partial charge in [0.1, 0.15) is 0 Å². The number of likely N-dealkylation sites (N-methyl/N-ethyl adjacent to an activating group) is 1. The summed E-state index contributed by atoms with van der Waals surface area (Å²) < 4.78 is 7.12. The third-order valence-corrected chi connectivity index (χ3v) is 2.95. The minimum Gasteiger partial charge on any atom is -0.476 e. The largest absolute Gasteiger partial charge is 0.476 e. The van der Waals surface area contributed by atoms with Crippen LogP contribution in [0.1, 0.15) is 16.2 Å². The summed E-state index contributed by atoms with van der Waals surface area (Å²) in [5.41, 5.74) is 5.90. The molecule has 0 aromatic carbocycles. The molecule has 0 spiro atoms. The van der Waals surface area contributed by atoms with Gasteiger partial charge < -0.3 is 20.5 Å². The van der Waals surface area contributed by atoms with Gasteiger partial charge >= 0.3 is 5.97 Å². The van der Waals surface area contributed by atoms with E-state index in [1.54, 1.807) is 0 Å². The molecule has 1 aromatic rings. The van der Waals surface area contributed by atoms with E-state index in [1.165, 1.54) is 4.68 Å². The molecule has 1 fully saturated rings. The smallest absolute Gasteiger partial charge is 0.358 e. The number of carboxylic acid groups (broad SMARTS) is 1. The zero-order chi connectivity index (χ0) is 13.1. The fraction of sp³-hybridized carbons (Fsp3) is 0.700. The van der Waals surface area contributed by atoms with Crippen molar-refractivity contribution in [2.45, 2.75) is 19.2 Å². The first-order chi connectivity index (χ1) is 8.61. The summed E-state index contributed by atoms with van der Waals surface area (Å²) >= 11 is 0. The molecule has 3 N–H and O–H groups in total. The maximum atomic E-state index is 10.9.